The molecule has 2 heteroatoms. The Morgan fingerprint density at radius 1 is 1.10 bits per heavy atom. The number of rotatable bonds is 5. The van der Waals surface area contributed by atoms with E-state index in [0.717, 1.165) is 0 Å². The fourth-order valence-corrected chi connectivity index (χ4v) is 4.65. The molecule has 1 aliphatic carbocycles. The molecule has 0 aromatic heterocycles. The van der Waals surface area contributed by atoms with Gasteiger partial charge >= 0.3 is 0 Å². The molecule has 2 aliphatic rings. The zero-order valence-electron chi connectivity index (χ0n) is 13.7. The molecule has 0 bridgehead atoms. The summed E-state index contributed by atoms with van der Waals surface area (Å²) in [5.41, 5.74) is 3.36. The number of nitrogens with one attached hydrogen (secondary N) is 1. The number of aryl methyl sites for hydroxylation is 1. The van der Waals surface area contributed by atoms with Crippen LogP contribution in [0.15, 0.2) is 24.3 Å². The second-order valence-electron chi connectivity index (χ2n) is 6.98. The predicted molar refractivity (Wildman–Crippen MR) is 89.7 cm³/mol. The highest BCUT2D eigenvalue weighted by Crippen LogP contribution is 2.41. The topological polar surface area (TPSA) is 15.3 Å². The second kappa shape index (κ2) is 6.50. The van der Waals surface area contributed by atoms with Gasteiger partial charge in [0.25, 0.3) is 0 Å². The van der Waals surface area contributed by atoms with Gasteiger partial charge < -0.3 is 5.32 Å². The third kappa shape index (κ3) is 2.89. The standard InChI is InChI=1S/C19H30N2/c1-16-9-3-4-10-17(16)15-18(20-2)19(11-5-6-12-19)21-13-7-8-14-21/h3-4,9-10,18,20H,5-8,11-15H2,1-2H3. The Hall–Kier alpha value is -0.860. The molecule has 0 radical (unpaired) electrons. The third-order valence-electron chi connectivity index (χ3n) is 5.89. The Morgan fingerprint density at radius 2 is 1.76 bits per heavy atom. The molecule has 0 amide bonds. The number of likely N-dealkylation sites (tertiary alicyclic amines) is 1. The predicted octanol–water partition coefficient (Wildman–Crippen LogP) is 3.53. The van der Waals surface area contributed by atoms with Crippen LogP contribution in [0.2, 0.25) is 0 Å². The van der Waals surface area contributed by atoms with Crippen LogP contribution in [0.5, 0.6) is 0 Å². The van der Waals surface area contributed by atoms with E-state index in [1.54, 1.807) is 0 Å². The smallest absolute Gasteiger partial charge is 0.0365 e. The van der Waals surface area contributed by atoms with Crippen LogP contribution < -0.4 is 5.32 Å². The van der Waals surface area contributed by atoms with Gasteiger partial charge in [-0.1, -0.05) is 37.1 Å². The maximum atomic E-state index is 3.70. The summed E-state index contributed by atoms with van der Waals surface area (Å²) in [6.07, 6.45) is 9.52. The summed E-state index contributed by atoms with van der Waals surface area (Å²) in [4.78, 5) is 2.82. The van der Waals surface area contributed by atoms with Gasteiger partial charge in [0, 0.05) is 11.6 Å². The first-order valence-corrected chi connectivity index (χ1v) is 8.73. The molecule has 1 aliphatic heterocycles. The van der Waals surface area contributed by atoms with E-state index in [2.05, 4.69) is 48.5 Å². The molecule has 1 saturated carbocycles. The Balaban J connectivity index is 1.84. The maximum absolute atomic E-state index is 3.70. The van der Waals surface area contributed by atoms with Gasteiger partial charge in [-0.3, -0.25) is 4.90 Å². The van der Waals surface area contributed by atoms with E-state index in [0.29, 0.717) is 11.6 Å². The van der Waals surface area contributed by atoms with Gasteiger partial charge in [-0.05, 0) is 70.3 Å². The van der Waals surface area contributed by atoms with Crippen LogP contribution in [0.1, 0.15) is 49.7 Å². The molecule has 1 saturated heterocycles. The van der Waals surface area contributed by atoms with E-state index < -0.39 is 0 Å². The molecule has 1 aromatic carbocycles. The lowest BCUT2D eigenvalue weighted by Crippen LogP contribution is -2.59. The molecule has 1 heterocycles. The van der Waals surface area contributed by atoms with Gasteiger partial charge in [-0.2, -0.15) is 0 Å². The van der Waals surface area contributed by atoms with Crippen molar-refractivity contribution in [2.24, 2.45) is 0 Å². The van der Waals surface area contributed by atoms with Crippen molar-refractivity contribution >= 4 is 0 Å². The molecule has 1 aromatic rings. The summed E-state index contributed by atoms with van der Waals surface area (Å²) in [6, 6.07) is 9.48. The monoisotopic (exact) mass is 286 g/mol. The van der Waals surface area contributed by atoms with Gasteiger partial charge in [0.1, 0.15) is 0 Å². The van der Waals surface area contributed by atoms with E-state index in [4.69, 9.17) is 0 Å². The van der Waals surface area contributed by atoms with Crippen molar-refractivity contribution in [2.45, 2.75) is 63.5 Å². The lowest BCUT2D eigenvalue weighted by Gasteiger charge is -2.45. The summed E-state index contributed by atoms with van der Waals surface area (Å²) >= 11 is 0. The van der Waals surface area contributed by atoms with E-state index in [9.17, 15) is 0 Å². The van der Waals surface area contributed by atoms with Gasteiger partial charge in [-0.25, -0.2) is 0 Å². The molecule has 1 atom stereocenters. The Bertz CT molecular complexity index is 456. The maximum Gasteiger partial charge on any atom is 0.0365 e. The molecular weight excluding hydrogens is 256 g/mol. The van der Waals surface area contributed by atoms with E-state index >= 15 is 0 Å². The summed E-state index contributed by atoms with van der Waals surface area (Å²) in [5, 5.41) is 3.70. The highest BCUT2D eigenvalue weighted by Gasteiger charge is 2.45. The lowest BCUT2D eigenvalue weighted by molar-refractivity contribution is 0.0797. The first-order valence-electron chi connectivity index (χ1n) is 8.73. The minimum atomic E-state index is 0.410. The van der Waals surface area contributed by atoms with Crippen LogP contribution in [0, 0.1) is 6.92 Å². The third-order valence-corrected chi connectivity index (χ3v) is 5.89. The fraction of sp³-hybridized carbons (Fsp3) is 0.684. The van der Waals surface area contributed by atoms with E-state index in [1.807, 2.05) is 0 Å². The normalized spacial score (nSPS) is 23.5. The number of benzene rings is 1. The summed E-state index contributed by atoms with van der Waals surface area (Å²) in [7, 11) is 2.17. The fourth-order valence-electron chi connectivity index (χ4n) is 4.65. The molecular formula is C19H30N2. The average molecular weight is 286 g/mol. The van der Waals surface area contributed by atoms with Crippen LogP contribution in [0.4, 0.5) is 0 Å². The van der Waals surface area contributed by atoms with Crippen LogP contribution in [-0.2, 0) is 6.42 Å². The Kier molecular flexibility index (Phi) is 4.66. The molecule has 3 rings (SSSR count). The zero-order valence-corrected chi connectivity index (χ0v) is 13.7. The molecule has 21 heavy (non-hydrogen) atoms. The molecule has 0 spiro atoms. The van der Waals surface area contributed by atoms with Crippen LogP contribution in [0.25, 0.3) is 0 Å². The second-order valence-corrected chi connectivity index (χ2v) is 6.98. The minimum absolute atomic E-state index is 0.410. The molecule has 2 nitrogen and oxygen atoms in total. The van der Waals surface area contributed by atoms with Crippen LogP contribution in [-0.4, -0.2) is 36.6 Å². The van der Waals surface area contributed by atoms with Crippen molar-refractivity contribution in [3.8, 4) is 0 Å². The van der Waals surface area contributed by atoms with Crippen molar-refractivity contribution in [3.63, 3.8) is 0 Å². The first kappa shape index (κ1) is 15.1. The van der Waals surface area contributed by atoms with Crippen LogP contribution >= 0.6 is 0 Å². The molecule has 2 fully saturated rings. The van der Waals surface area contributed by atoms with Crippen molar-refractivity contribution in [3.05, 3.63) is 35.4 Å². The highest BCUT2D eigenvalue weighted by atomic mass is 15.2. The lowest BCUT2D eigenvalue weighted by atomic mass is 9.82. The van der Waals surface area contributed by atoms with Gasteiger partial charge in [0.15, 0.2) is 0 Å². The number of nitrogens with zero attached hydrogens (tertiary/aromatic N) is 1. The summed E-state index contributed by atoms with van der Waals surface area (Å²) < 4.78 is 0. The molecule has 1 N–H and O–H groups in total. The Labute approximate surface area is 129 Å². The van der Waals surface area contributed by atoms with Crippen LogP contribution in [0.3, 0.4) is 0 Å². The first-order chi connectivity index (χ1) is 10.3. The number of likely N-dealkylation sites (N-methyl/N-ethyl adjacent to an activating group) is 1. The van der Waals surface area contributed by atoms with Gasteiger partial charge in [-0.15, -0.1) is 0 Å². The summed E-state index contributed by atoms with van der Waals surface area (Å²) in [6.45, 7) is 4.87. The van der Waals surface area contributed by atoms with E-state index in [1.165, 1.54) is 69.2 Å². The highest BCUT2D eigenvalue weighted by molar-refractivity contribution is 5.27. The van der Waals surface area contributed by atoms with Crippen molar-refractivity contribution in [1.82, 2.24) is 10.2 Å². The molecule has 116 valence electrons. The number of hydrogen-bond donors (Lipinski definition) is 1. The number of hydrogen-bond acceptors (Lipinski definition) is 2. The van der Waals surface area contributed by atoms with Gasteiger partial charge in [0.05, 0.1) is 0 Å². The van der Waals surface area contributed by atoms with Crippen molar-refractivity contribution in [1.29, 1.82) is 0 Å². The SMILES string of the molecule is CNC(Cc1ccccc1C)C1(N2CCCC2)CCCC1. The summed E-state index contributed by atoms with van der Waals surface area (Å²) in [5.74, 6) is 0. The van der Waals surface area contributed by atoms with Crippen molar-refractivity contribution < 1.29 is 0 Å². The minimum Gasteiger partial charge on any atom is -0.315 e. The van der Waals surface area contributed by atoms with Gasteiger partial charge in [0.2, 0.25) is 0 Å². The van der Waals surface area contributed by atoms with E-state index in [-0.39, 0.29) is 0 Å². The quantitative estimate of drug-likeness (QED) is 0.891. The van der Waals surface area contributed by atoms with Crippen molar-refractivity contribution in [2.75, 3.05) is 20.1 Å². The Morgan fingerprint density at radius 3 is 2.38 bits per heavy atom. The largest absolute Gasteiger partial charge is 0.315 e. The average Bonchev–Trinajstić information content (AvgIpc) is 3.18. The molecule has 1 unspecified atom stereocenters. The zero-order chi connectivity index (χ0) is 14.7.